The van der Waals surface area contributed by atoms with Gasteiger partial charge >= 0.3 is 5.97 Å². The van der Waals surface area contributed by atoms with Gasteiger partial charge in [-0.2, -0.15) is 0 Å². The maximum absolute atomic E-state index is 11.0. The van der Waals surface area contributed by atoms with Crippen LogP contribution in [0, 0.1) is 0 Å². The van der Waals surface area contributed by atoms with E-state index in [-0.39, 0.29) is 11.6 Å². The number of hydrogen-bond donors (Lipinski definition) is 0. The van der Waals surface area contributed by atoms with Crippen molar-refractivity contribution in [3.8, 4) is 0 Å². The third-order valence-electron chi connectivity index (χ3n) is 3.19. The van der Waals surface area contributed by atoms with Crippen molar-refractivity contribution in [2.75, 3.05) is 13.1 Å². The van der Waals surface area contributed by atoms with Gasteiger partial charge in [0.15, 0.2) is 0 Å². The second kappa shape index (κ2) is 2.98. The van der Waals surface area contributed by atoms with Crippen molar-refractivity contribution in [3.63, 3.8) is 0 Å². The average Bonchev–Trinajstić information content (AvgIpc) is 2.61. The van der Waals surface area contributed by atoms with Crippen molar-refractivity contribution in [2.45, 2.75) is 44.8 Å². The van der Waals surface area contributed by atoms with E-state index in [1.54, 1.807) is 0 Å². The van der Waals surface area contributed by atoms with Gasteiger partial charge in [-0.05, 0) is 20.3 Å². The fourth-order valence-corrected chi connectivity index (χ4v) is 2.28. The van der Waals surface area contributed by atoms with Crippen LogP contribution in [0.3, 0.4) is 0 Å². The summed E-state index contributed by atoms with van der Waals surface area (Å²) in [5.74, 6) is -0.00870. The number of ether oxygens (including phenoxy) is 1. The van der Waals surface area contributed by atoms with Crippen LogP contribution < -0.4 is 0 Å². The Bertz CT molecular complexity index is 227. The Morgan fingerprint density at radius 3 is 2.69 bits per heavy atom. The first-order valence-corrected chi connectivity index (χ1v) is 5.07. The van der Waals surface area contributed by atoms with Crippen LogP contribution >= 0.6 is 0 Å². The molecule has 13 heavy (non-hydrogen) atoms. The molecule has 0 amide bonds. The van der Waals surface area contributed by atoms with E-state index in [0.29, 0.717) is 12.5 Å². The molecule has 0 aliphatic carbocycles. The molecule has 2 rings (SSSR count). The highest BCUT2D eigenvalue weighted by molar-refractivity contribution is 5.72. The number of hydrogen-bond acceptors (Lipinski definition) is 3. The Labute approximate surface area is 79.0 Å². The summed E-state index contributed by atoms with van der Waals surface area (Å²) in [4.78, 5) is 13.4. The highest BCUT2D eigenvalue weighted by atomic mass is 16.6. The summed E-state index contributed by atoms with van der Waals surface area (Å²) in [5.41, 5.74) is -0.110. The topological polar surface area (TPSA) is 29.5 Å². The number of carbonyl (C=O) groups is 1. The minimum Gasteiger partial charge on any atom is -0.458 e. The van der Waals surface area contributed by atoms with Gasteiger partial charge in [0.25, 0.3) is 0 Å². The molecule has 0 aromatic heterocycles. The molecule has 3 heteroatoms. The lowest BCUT2D eigenvalue weighted by Crippen LogP contribution is -2.35. The number of carbonyl (C=O) groups excluding carboxylic acids is 1. The van der Waals surface area contributed by atoms with Gasteiger partial charge in [0.1, 0.15) is 5.60 Å². The lowest BCUT2D eigenvalue weighted by atomic mass is 10.00. The van der Waals surface area contributed by atoms with Crippen molar-refractivity contribution in [3.05, 3.63) is 0 Å². The standard InChI is InChI=1S/C10H17NO2/c1-8(2)11-6-5-10(7-11)4-3-9(12)13-10/h8H,3-7H2,1-2H3. The number of nitrogens with zero attached hydrogens (tertiary/aromatic N) is 1. The molecule has 0 aromatic rings. The van der Waals surface area contributed by atoms with Crippen molar-refractivity contribution in [2.24, 2.45) is 0 Å². The predicted molar refractivity (Wildman–Crippen MR) is 49.4 cm³/mol. The molecule has 0 aromatic carbocycles. The quantitative estimate of drug-likeness (QED) is 0.572. The molecule has 2 aliphatic heterocycles. The summed E-state index contributed by atoms with van der Waals surface area (Å²) < 4.78 is 5.41. The van der Waals surface area contributed by atoms with E-state index in [1.165, 1.54) is 0 Å². The molecule has 2 fully saturated rings. The summed E-state index contributed by atoms with van der Waals surface area (Å²) >= 11 is 0. The SMILES string of the molecule is CC(C)N1CCC2(CCC(=O)O2)C1. The molecule has 74 valence electrons. The second-order valence-electron chi connectivity index (χ2n) is 4.47. The molecule has 0 saturated carbocycles. The first-order valence-electron chi connectivity index (χ1n) is 5.07. The van der Waals surface area contributed by atoms with E-state index < -0.39 is 0 Å². The fourth-order valence-electron chi connectivity index (χ4n) is 2.28. The van der Waals surface area contributed by atoms with Gasteiger partial charge in [-0.3, -0.25) is 9.69 Å². The fraction of sp³-hybridized carbons (Fsp3) is 0.900. The number of rotatable bonds is 1. The van der Waals surface area contributed by atoms with Crippen LogP contribution in [-0.4, -0.2) is 35.6 Å². The smallest absolute Gasteiger partial charge is 0.306 e. The van der Waals surface area contributed by atoms with E-state index in [2.05, 4.69) is 18.7 Å². The maximum Gasteiger partial charge on any atom is 0.306 e. The maximum atomic E-state index is 11.0. The third-order valence-corrected chi connectivity index (χ3v) is 3.19. The minimum absolute atomic E-state index is 0.00870. The normalized spacial score (nSPS) is 34.8. The Hall–Kier alpha value is -0.570. The number of likely N-dealkylation sites (tertiary alicyclic amines) is 1. The lowest BCUT2D eigenvalue weighted by Gasteiger charge is -2.24. The summed E-state index contributed by atoms with van der Waals surface area (Å²) in [6.45, 7) is 6.40. The Balaban J connectivity index is 2.01. The molecule has 1 spiro atoms. The first-order chi connectivity index (χ1) is 6.11. The van der Waals surface area contributed by atoms with Crippen molar-refractivity contribution < 1.29 is 9.53 Å². The van der Waals surface area contributed by atoms with Gasteiger partial charge in [-0.15, -0.1) is 0 Å². The molecule has 0 bridgehead atoms. The highest BCUT2D eigenvalue weighted by Gasteiger charge is 2.45. The zero-order chi connectivity index (χ0) is 9.47. The molecule has 0 radical (unpaired) electrons. The molecule has 0 N–H and O–H groups in total. The largest absolute Gasteiger partial charge is 0.458 e. The van der Waals surface area contributed by atoms with Crippen LogP contribution in [0.5, 0.6) is 0 Å². The van der Waals surface area contributed by atoms with Gasteiger partial charge < -0.3 is 4.74 Å². The van der Waals surface area contributed by atoms with Crippen LogP contribution in [0.4, 0.5) is 0 Å². The minimum atomic E-state index is -0.110. The van der Waals surface area contributed by atoms with Crippen molar-refractivity contribution >= 4 is 5.97 Å². The Morgan fingerprint density at radius 1 is 1.46 bits per heavy atom. The van der Waals surface area contributed by atoms with Gasteiger partial charge in [0.05, 0.1) is 0 Å². The lowest BCUT2D eigenvalue weighted by molar-refractivity contribution is -0.147. The highest BCUT2D eigenvalue weighted by Crippen LogP contribution is 2.36. The van der Waals surface area contributed by atoms with Crippen LogP contribution in [0.1, 0.15) is 33.1 Å². The summed E-state index contributed by atoms with van der Waals surface area (Å²) in [7, 11) is 0. The van der Waals surface area contributed by atoms with E-state index in [4.69, 9.17) is 4.74 Å². The first kappa shape index (κ1) is 9.00. The van der Waals surface area contributed by atoms with Gasteiger partial charge in [0, 0.05) is 32.0 Å². The average molecular weight is 183 g/mol. The monoisotopic (exact) mass is 183 g/mol. The van der Waals surface area contributed by atoms with Crippen molar-refractivity contribution in [1.82, 2.24) is 4.90 Å². The van der Waals surface area contributed by atoms with Gasteiger partial charge in [-0.25, -0.2) is 0 Å². The predicted octanol–water partition coefficient (Wildman–Crippen LogP) is 1.18. The zero-order valence-corrected chi connectivity index (χ0v) is 8.38. The van der Waals surface area contributed by atoms with E-state index in [1.807, 2.05) is 0 Å². The molecule has 2 heterocycles. The molecule has 2 aliphatic rings. The molecule has 1 unspecified atom stereocenters. The van der Waals surface area contributed by atoms with Crippen LogP contribution in [-0.2, 0) is 9.53 Å². The van der Waals surface area contributed by atoms with Crippen LogP contribution in [0.2, 0.25) is 0 Å². The van der Waals surface area contributed by atoms with E-state index in [0.717, 1.165) is 25.9 Å². The summed E-state index contributed by atoms with van der Waals surface area (Å²) in [6.07, 6.45) is 2.57. The van der Waals surface area contributed by atoms with Gasteiger partial charge in [-0.1, -0.05) is 0 Å². The molecular weight excluding hydrogens is 166 g/mol. The third kappa shape index (κ3) is 1.57. The van der Waals surface area contributed by atoms with E-state index >= 15 is 0 Å². The van der Waals surface area contributed by atoms with Crippen LogP contribution in [0.15, 0.2) is 0 Å². The van der Waals surface area contributed by atoms with Crippen LogP contribution in [0.25, 0.3) is 0 Å². The zero-order valence-electron chi connectivity index (χ0n) is 8.38. The Morgan fingerprint density at radius 2 is 2.23 bits per heavy atom. The van der Waals surface area contributed by atoms with Gasteiger partial charge in [0.2, 0.25) is 0 Å². The summed E-state index contributed by atoms with van der Waals surface area (Å²) in [5, 5.41) is 0. The molecule has 1 atom stereocenters. The molecule has 2 saturated heterocycles. The summed E-state index contributed by atoms with van der Waals surface area (Å²) in [6, 6.07) is 0.568. The molecular formula is C10H17NO2. The number of esters is 1. The Kier molecular flexibility index (Phi) is 2.06. The second-order valence-corrected chi connectivity index (χ2v) is 4.47. The van der Waals surface area contributed by atoms with Crippen molar-refractivity contribution in [1.29, 1.82) is 0 Å². The van der Waals surface area contributed by atoms with E-state index in [9.17, 15) is 4.79 Å². The molecule has 3 nitrogen and oxygen atoms in total.